The number of anilines is 1. The average molecular weight is 397 g/mol. The first-order valence-corrected chi connectivity index (χ1v) is 9.70. The highest BCUT2D eigenvalue weighted by Gasteiger charge is 2.23. The van der Waals surface area contributed by atoms with Gasteiger partial charge < -0.3 is 10.1 Å². The van der Waals surface area contributed by atoms with Gasteiger partial charge in [-0.15, -0.1) is 5.10 Å². The molecule has 140 valence electrons. The first-order chi connectivity index (χ1) is 12.4. The Morgan fingerprint density at radius 1 is 1.58 bits per heavy atom. The number of nitrogens with zero attached hydrogens (tertiary/aromatic N) is 2. The standard InChI is InChI=1S/C17H21ClN4O3S/c1-10-5-6-12(18)8-14(10)19-15(23)11(2)26-17-21-20-16(24)22(17)9-13-4-3-7-25-13/h5-6,8,11,13H,3-4,7,9H2,1-2H3,(H,19,23)(H,20,24)/t11-,13-/m1/s1. The second-order valence-corrected chi connectivity index (χ2v) is 8.01. The topological polar surface area (TPSA) is 89.0 Å². The highest BCUT2D eigenvalue weighted by molar-refractivity contribution is 8.00. The molecular formula is C17H21ClN4O3S. The molecule has 2 heterocycles. The number of amides is 1. The Hall–Kier alpha value is -1.77. The van der Waals surface area contributed by atoms with E-state index in [0.29, 0.717) is 22.4 Å². The number of rotatable bonds is 6. The van der Waals surface area contributed by atoms with Gasteiger partial charge >= 0.3 is 5.69 Å². The van der Waals surface area contributed by atoms with Crippen molar-refractivity contribution in [2.24, 2.45) is 0 Å². The molecule has 26 heavy (non-hydrogen) atoms. The number of hydrogen-bond acceptors (Lipinski definition) is 5. The van der Waals surface area contributed by atoms with Crippen LogP contribution in [0.1, 0.15) is 25.3 Å². The number of ether oxygens (including phenoxy) is 1. The predicted molar refractivity (Wildman–Crippen MR) is 102 cm³/mol. The Kier molecular flexibility index (Phi) is 6.05. The van der Waals surface area contributed by atoms with E-state index in [1.165, 1.54) is 16.3 Å². The van der Waals surface area contributed by atoms with Crippen molar-refractivity contribution >= 4 is 35.0 Å². The summed E-state index contributed by atoms with van der Waals surface area (Å²) in [6.07, 6.45) is 1.94. The third-order valence-corrected chi connectivity index (χ3v) is 5.57. The molecule has 0 bridgehead atoms. The van der Waals surface area contributed by atoms with Gasteiger partial charge in [0.2, 0.25) is 5.91 Å². The fraction of sp³-hybridized carbons (Fsp3) is 0.471. The maximum atomic E-state index is 12.5. The number of aromatic nitrogens is 3. The van der Waals surface area contributed by atoms with Crippen LogP contribution < -0.4 is 11.0 Å². The summed E-state index contributed by atoms with van der Waals surface area (Å²) in [6.45, 7) is 4.84. The van der Waals surface area contributed by atoms with Crippen LogP contribution in [0, 0.1) is 6.92 Å². The number of hydrogen-bond donors (Lipinski definition) is 2. The molecule has 7 nitrogen and oxygen atoms in total. The van der Waals surface area contributed by atoms with Crippen LogP contribution >= 0.6 is 23.4 Å². The van der Waals surface area contributed by atoms with Crippen LogP contribution in [0.3, 0.4) is 0 Å². The third kappa shape index (κ3) is 4.49. The first kappa shape index (κ1) is 19.0. The van der Waals surface area contributed by atoms with Crippen LogP contribution in [0.15, 0.2) is 28.2 Å². The highest BCUT2D eigenvalue weighted by atomic mass is 35.5. The fourth-order valence-electron chi connectivity index (χ4n) is 2.72. The molecule has 1 fully saturated rings. The summed E-state index contributed by atoms with van der Waals surface area (Å²) in [5, 5.41) is 9.98. The predicted octanol–water partition coefficient (Wildman–Crippen LogP) is 2.83. The maximum Gasteiger partial charge on any atom is 0.344 e. The second kappa shape index (κ2) is 8.28. The van der Waals surface area contributed by atoms with Crippen molar-refractivity contribution in [3.8, 4) is 0 Å². The fourth-order valence-corrected chi connectivity index (χ4v) is 3.76. The van der Waals surface area contributed by atoms with E-state index < -0.39 is 5.25 Å². The van der Waals surface area contributed by atoms with Gasteiger partial charge in [0.05, 0.1) is 17.9 Å². The molecule has 9 heteroatoms. The molecule has 2 atom stereocenters. The van der Waals surface area contributed by atoms with Crippen LogP contribution in [0.2, 0.25) is 5.02 Å². The lowest BCUT2D eigenvalue weighted by molar-refractivity contribution is -0.115. The van der Waals surface area contributed by atoms with E-state index in [4.69, 9.17) is 16.3 Å². The van der Waals surface area contributed by atoms with Gasteiger partial charge in [0.25, 0.3) is 0 Å². The molecule has 0 radical (unpaired) electrons. The van der Waals surface area contributed by atoms with Crippen LogP contribution in [0.4, 0.5) is 5.69 Å². The van der Waals surface area contributed by atoms with Crippen molar-refractivity contribution in [3.63, 3.8) is 0 Å². The average Bonchev–Trinajstić information content (AvgIpc) is 3.23. The molecule has 0 aliphatic carbocycles. The Labute approximate surface area is 160 Å². The van der Waals surface area contributed by atoms with Crippen molar-refractivity contribution in [3.05, 3.63) is 39.3 Å². The molecule has 1 aliphatic heterocycles. The van der Waals surface area contributed by atoms with Crippen LogP contribution in [-0.2, 0) is 16.1 Å². The van der Waals surface area contributed by atoms with E-state index in [9.17, 15) is 9.59 Å². The van der Waals surface area contributed by atoms with Crippen molar-refractivity contribution < 1.29 is 9.53 Å². The van der Waals surface area contributed by atoms with Crippen LogP contribution in [0.25, 0.3) is 0 Å². The van der Waals surface area contributed by atoms with E-state index in [1.54, 1.807) is 19.1 Å². The van der Waals surface area contributed by atoms with E-state index in [-0.39, 0.29) is 17.7 Å². The number of carbonyl (C=O) groups excluding carboxylic acids is 1. The second-order valence-electron chi connectivity index (χ2n) is 6.27. The molecule has 2 N–H and O–H groups in total. The zero-order chi connectivity index (χ0) is 18.7. The monoisotopic (exact) mass is 396 g/mol. The van der Waals surface area contributed by atoms with E-state index in [2.05, 4.69) is 15.5 Å². The summed E-state index contributed by atoms with van der Waals surface area (Å²) in [7, 11) is 0. The molecule has 1 aliphatic rings. The largest absolute Gasteiger partial charge is 0.376 e. The van der Waals surface area contributed by atoms with E-state index in [0.717, 1.165) is 25.0 Å². The Balaban J connectivity index is 1.67. The Bertz CT molecular complexity index is 845. The third-order valence-electron chi connectivity index (χ3n) is 4.24. The smallest absolute Gasteiger partial charge is 0.344 e. The summed E-state index contributed by atoms with van der Waals surface area (Å²) < 4.78 is 7.13. The number of thioether (sulfide) groups is 1. The van der Waals surface area contributed by atoms with E-state index in [1.807, 2.05) is 13.0 Å². The number of halogens is 1. The minimum absolute atomic E-state index is 0.0166. The lowest BCUT2D eigenvalue weighted by Gasteiger charge is -2.15. The molecule has 3 rings (SSSR count). The van der Waals surface area contributed by atoms with Crippen LogP contribution in [-0.4, -0.2) is 38.6 Å². The first-order valence-electron chi connectivity index (χ1n) is 8.44. The molecule has 1 aromatic carbocycles. The molecule has 1 saturated heterocycles. The molecule has 1 aromatic heterocycles. The van der Waals surface area contributed by atoms with Gasteiger partial charge in [-0.3, -0.25) is 9.36 Å². The van der Waals surface area contributed by atoms with E-state index >= 15 is 0 Å². The van der Waals surface area contributed by atoms with Crippen LogP contribution in [0.5, 0.6) is 0 Å². The zero-order valence-corrected chi connectivity index (χ0v) is 16.2. The highest BCUT2D eigenvalue weighted by Crippen LogP contribution is 2.25. The maximum absolute atomic E-state index is 12.5. The summed E-state index contributed by atoms with van der Waals surface area (Å²) in [5.74, 6) is -0.181. The molecule has 0 saturated carbocycles. The normalized spacial score (nSPS) is 18.0. The van der Waals surface area contributed by atoms with Gasteiger partial charge in [0.1, 0.15) is 0 Å². The molecule has 2 aromatic rings. The molecular weight excluding hydrogens is 376 g/mol. The molecule has 0 spiro atoms. The lowest BCUT2D eigenvalue weighted by atomic mass is 10.2. The summed E-state index contributed by atoms with van der Waals surface area (Å²) >= 11 is 7.23. The Morgan fingerprint density at radius 2 is 2.38 bits per heavy atom. The molecule has 0 unspecified atom stereocenters. The van der Waals surface area contributed by atoms with Gasteiger partial charge in [-0.1, -0.05) is 29.4 Å². The minimum atomic E-state index is -0.438. The van der Waals surface area contributed by atoms with Crippen molar-refractivity contribution in [1.29, 1.82) is 0 Å². The molecule has 1 amide bonds. The van der Waals surface area contributed by atoms with Gasteiger partial charge in [0.15, 0.2) is 5.16 Å². The van der Waals surface area contributed by atoms with Gasteiger partial charge in [-0.2, -0.15) is 0 Å². The summed E-state index contributed by atoms with van der Waals surface area (Å²) in [6, 6.07) is 5.34. The van der Waals surface area contributed by atoms with Gasteiger partial charge in [0, 0.05) is 17.3 Å². The van der Waals surface area contributed by atoms with Crippen molar-refractivity contribution in [1.82, 2.24) is 14.8 Å². The van der Waals surface area contributed by atoms with Crippen molar-refractivity contribution in [2.45, 2.75) is 49.7 Å². The van der Waals surface area contributed by atoms with Gasteiger partial charge in [-0.05, 0) is 44.4 Å². The number of carbonyl (C=O) groups is 1. The summed E-state index contributed by atoms with van der Waals surface area (Å²) in [5.41, 5.74) is 1.31. The number of aryl methyl sites for hydroxylation is 1. The number of aromatic amines is 1. The minimum Gasteiger partial charge on any atom is -0.376 e. The quantitative estimate of drug-likeness (QED) is 0.733. The Morgan fingerprint density at radius 3 is 3.12 bits per heavy atom. The SMILES string of the molecule is Cc1ccc(Cl)cc1NC(=O)[C@@H](C)Sc1n[nH]c(=O)n1C[C@H]1CCCO1. The lowest BCUT2D eigenvalue weighted by Crippen LogP contribution is -2.27. The number of H-pyrrole nitrogens is 1. The van der Waals surface area contributed by atoms with Gasteiger partial charge in [-0.25, -0.2) is 9.89 Å². The van der Waals surface area contributed by atoms with Crippen molar-refractivity contribution in [2.75, 3.05) is 11.9 Å². The zero-order valence-electron chi connectivity index (χ0n) is 14.6. The summed E-state index contributed by atoms with van der Waals surface area (Å²) in [4.78, 5) is 24.5. The number of nitrogens with one attached hydrogen (secondary N) is 2. The number of benzene rings is 1.